The highest BCUT2D eigenvalue weighted by Gasteiger charge is 2.42. The number of amides is 1. The zero-order valence-electron chi connectivity index (χ0n) is 12.0. The van der Waals surface area contributed by atoms with E-state index in [0.29, 0.717) is 12.5 Å². The number of benzene rings is 1. The number of carbonyl (C=O) groups is 1. The van der Waals surface area contributed by atoms with Gasteiger partial charge in [-0.3, -0.25) is 4.79 Å². The Labute approximate surface area is 120 Å². The van der Waals surface area contributed by atoms with Gasteiger partial charge in [0.1, 0.15) is 6.61 Å². The maximum absolute atomic E-state index is 12.2. The Morgan fingerprint density at radius 3 is 2.85 bits per heavy atom. The lowest BCUT2D eigenvalue weighted by molar-refractivity contribution is -0.144. The first-order valence-electron chi connectivity index (χ1n) is 7.39. The average molecular weight is 274 g/mol. The Morgan fingerprint density at radius 1 is 1.35 bits per heavy atom. The maximum Gasteiger partial charge on any atom is 0.253 e. The van der Waals surface area contributed by atoms with Crippen LogP contribution in [0.25, 0.3) is 0 Å². The van der Waals surface area contributed by atoms with Crippen LogP contribution >= 0.6 is 0 Å². The van der Waals surface area contributed by atoms with Gasteiger partial charge in [-0.25, -0.2) is 0 Å². The zero-order valence-corrected chi connectivity index (χ0v) is 12.0. The molecule has 0 aliphatic carbocycles. The number of hydrogen-bond acceptors (Lipinski definition) is 3. The number of carbonyl (C=O) groups excluding carboxylic acids is 1. The van der Waals surface area contributed by atoms with E-state index in [1.54, 1.807) is 0 Å². The minimum Gasteiger partial charge on any atom is -0.363 e. The number of nitrogens with one attached hydrogen (secondary N) is 1. The number of nitrogens with zero attached hydrogens (tertiary/aromatic N) is 1. The molecule has 0 aromatic heterocycles. The summed E-state index contributed by atoms with van der Waals surface area (Å²) < 4.78 is 5.94. The highest BCUT2D eigenvalue weighted by atomic mass is 16.5. The highest BCUT2D eigenvalue weighted by molar-refractivity contribution is 5.95. The number of anilines is 1. The van der Waals surface area contributed by atoms with Gasteiger partial charge >= 0.3 is 0 Å². The van der Waals surface area contributed by atoms with Gasteiger partial charge in [0.05, 0.1) is 12.1 Å². The molecule has 20 heavy (non-hydrogen) atoms. The molecule has 2 heterocycles. The first-order valence-corrected chi connectivity index (χ1v) is 7.39. The van der Waals surface area contributed by atoms with E-state index in [1.807, 2.05) is 35.2 Å². The molecule has 3 rings (SSSR count). The van der Waals surface area contributed by atoms with Crippen LogP contribution in [0.1, 0.15) is 19.8 Å². The first kappa shape index (κ1) is 13.6. The molecular formula is C16H22N2O2. The van der Waals surface area contributed by atoms with E-state index >= 15 is 0 Å². The Kier molecular flexibility index (Phi) is 3.76. The van der Waals surface area contributed by atoms with Gasteiger partial charge in [0, 0.05) is 18.2 Å². The van der Waals surface area contributed by atoms with E-state index in [1.165, 1.54) is 12.8 Å². The lowest BCUT2D eigenvalue weighted by atomic mass is 9.82. The van der Waals surface area contributed by atoms with Crippen molar-refractivity contribution in [2.75, 3.05) is 31.1 Å². The molecule has 4 nitrogen and oxygen atoms in total. The van der Waals surface area contributed by atoms with Crippen LogP contribution in [0.15, 0.2) is 30.3 Å². The molecule has 4 heteroatoms. The topological polar surface area (TPSA) is 41.6 Å². The van der Waals surface area contributed by atoms with Crippen molar-refractivity contribution >= 4 is 11.6 Å². The summed E-state index contributed by atoms with van der Waals surface area (Å²) in [6, 6.07) is 9.89. The van der Waals surface area contributed by atoms with E-state index < -0.39 is 0 Å². The minimum absolute atomic E-state index is 0.0532. The third kappa shape index (κ3) is 2.58. The second-order valence-corrected chi connectivity index (χ2v) is 5.96. The molecule has 2 saturated heterocycles. The van der Waals surface area contributed by atoms with E-state index in [2.05, 4.69) is 12.2 Å². The minimum atomic E-state index is -0.253. The third-order valence-electron chi connectivity index (χ3n) is 4.53. The highest BCUT2D eigenvalue weighted by Crippen LogP contribution is 2.33. The van der Waals surface area contributed by atoms with Crippen LogP contribution in [0.3, 0.4) is 0 Å². The predicted molar refractivity (Wildman–Crippen MR) is 78.7 cm³/mol. The number of morpholine rings is 1. The summed E-state index contributed by atoms with van der Waals surface area (Å²) in [5, 5.41) is 3.44. The molecule has 108 valence electrons. The fourth-order valence-electron chi connectivity index (χ4n) is 3.22. The van der Waals surface area contributed by atoms with Crippen LogP contribution < -0.4 is 10.2 Å². The largest absolute Gasteiger partial charge is 0.363 e. The van der Waals surface area contributed by atoms with Crippen molar-refractivity contribution in [2.45, 2.75) is 25.4 Å². The number of hydrogen-bond donors (Lipinski definition) is 1. The number of rotatable bonds is 2. The van der Waals surface area contributed by atoms with Crippen molar-refractivity contribution in [1.29, 1.82) is 0 Å². The maximum atomic E-state index is 12.2. The number of para-hydroxylation sites is 1. The number of piperidine rings is 1. The van der Waals surface area contributed by atoms with Crippen LogP contribution in [-0.2, 0) is 9.53 Å². The predicted octanol–water partition coefficient (Wildman–Crippen LogP) is 1.81. The van der Waals surface area contributed by atoms with Gasteiger partial charge in [-0.05, 0) is 38.4 Å². The van der Waals surface area contributed by atoms with Gasteiger partial charge in [-0.1, -0.05) is 18.2 Å². The summed E-state index contributed by atoms with van der Waals surface area (Å²) in [5.74, 6) is 0.521. The molecule has 2 fully saturated rings. The van der Waals surface area contributed by atoms with Gasteiger partial charge in [0.25, 0.3) is 5.91 Å². The Hall–Kier alpha value is -1.39. The van der Waals surface area contributed by atoms with Crippen molar-refractivity contribution in [3.63, 3.8) is 0 Å². The summed E-state index contributed by atoms with van der Waals surface area (Å²) in [5.41, 5.74) is 0.716. The van der Waals surface area contributed by atoms with Crippen molar-refractivity contribution in [3.8, 4) is 0 Å². The van der Waals surface area contributed by atoms with Crippen LogP contribution in [0.2, 0.25) is 0 Å². The smallest absolute Gasteiger partial charge is 0.253 e. The average Bonchev–Trinajstić information content (AvgIpc) is 2.52. The Balaban J connectivity index is 1.80. The first-order chi connectivity index (χ1) is 9.69. The fraction of sp³-hybridized carbons (Fsp3) is 0.562. The fourth-order valence-corrected chi connectivity index (χ4v) is 3.22. The van der Waals surface area contributed by atoms with Gasteiger partial charge in [-0.15, -0.1) is 0 Å². The van der Waals surface area contributed by atoms with E-state index in [0.717, 1.165) is 18.8 Å². The summed E-state index contributed by atoms with van der Waals surface area (Å²) in [6.45, 7) is 5.04. The third-order valence-corrected chi connectivity index (χ3v) is 4.53. The lowest BCUT2D eigenvalue weighted by Gasteiger charge is -2.46. The van der Waals surface area contributed by atoms with Crippen molar-refractivity contribution < 1.29 is 9.53 Å². The van der Waals surface area contributed by atoms with Gasteiger partial charge in [0.15, 0.2) is 0 Å². The summed E-state index contributed by atoms with van der Waals surface area (Å²) in [7, 11) is 0. The second kappa shape index (κ2) is 5.54. The molecule has 1 aromatic carbocycles. The summed E-state index contributed by atoms with van der Waals surface area (Å²) in [4.78, 5) is 14.0. The molecule has 1 N–H and O–H groups in total. The van der Waals surface area contributed by atoms with Crippen LogP contribution in [-0.4, -0.2) is 37.7 Å². The van der Waals surface area contributed by atoms with Crippen LogP contribution in [0.5, 0.6) is 0 Å². The molecule has 2 aliphatic rings. The second-order valence-electron chi connectivity index (χ2n) is 5.96. The number of ether oxygens (including phenoxy) is 1. The zero-order chi connectivity index (χ0) is 14.0. The monoisotopic (exact) mass is 274 g/mol. The van der Waals surface area contributed by atoms with Crippen LogP contribution in [0.4, 0.5) is 5.69 Å². The quantitative estimate of drug-likeness (QED) is 0.894. The van der Waals surface area contributed by atoms with Gasteiger partial charge in [0.2, 0.25) is 0 Å². The van der Waals surface area contributed by atoms with Crippen LogP contribution in [0, 0.1) is 5.92 Å². The normalized spacial score (nSPS) is 31.4. The van der Waals surface area contributed by atoms with E-state index in [9.17, 15) is 4.79 Å². The van der Waals surface area contributed by atoms with E-state index in [4.69, 9.17) is 4.74 Å². The van der Waals surface area contributed by atoms with Crippen molar-refractivity contribution in [3.05, 3.63) is 30.3 Å². The van der Waals surface area contributed by atoms with E-state index in [-0.39, 0.29) is 18.1 Å². The van der Waals surface area contributed by atoms with Gasteiger partial charge in [-0.2, -0.15) is 0 Å². The molecule has 1 amide bonds. The summed E-state index contributed by atoms with van der Waals surface area (Å²) in [6.07, 6.45) is 2.35. The standard InChI is InChI=1S/C16H22N2O2/c1-16(13-6-5-9-17-10-13)12-18(15(19)11-20-16)14-7-3-2-4-8-14/h2-4,7-8,13,17H,5-6,9-12H2,1H3. The SMILES string of the molecule is CC1(C2CCCNC2)CN(c2ccccc2)C(=O)CO1. The van der Waals surface area contributed by atoms with Gasteiger partial charge < -0.3 is 15.0 Å². The Bertz CT molecular complexity index is 471. The Morgan fingerprint density at radius 2 is 2.15 bits per heavy atom. The van der Waals surface area contributed by atoms with Crippen molar-refractivity contribution in [1.82, 2.24) is 5.32 Å². The molecule has 0 saturated carbocycles. The van der Waals surface area contributed by atoms with Crippen molar-refractivity contribution in [2.24, 2.45) is 5.92 Å². The summed E-state index contributed by atoms with van der Waals surface area (Å²) >= 11 is 0. The molecular weight excluding hydrogens is 252 g/mol. The molecule has 2 unspecified atom stereocenters. The molecule has 0 radical (unpaired) electrons. The molecule has 1 aromatic rings. The lowest BCUT2D eigenvalue weighted by Crippen LogP contribution is -2.59. The molecule has 2 atom stereocenters. The molecule has 0 bridgehead atoms. The molecule has 0 spiro atoms. The molecule has 2 aliphatic heterocycles.